The van der Waals surface area contributed by atoms with Crippen molar-refractivity contribution >= 4 is 29.1 Å². The summed E-state index contributed by atoms with van der Waals surface area (Å²) in [7, 11) is 0. The van der Waals surface area contributed by atoms with Gasteiger partial charge < -0.3 is 15.0 Å². The molecule has 0 radical (unpaired) electrons. The Labute approximate surface area is 162 Å². The lowest BCUT2D eigenvalue weighted by atomic mass is 9.97. The second kappa shape index (κ2) is 8.86. The number of piperidine rings is 1. The summed E-state index contributed by atoms with van der Waals surface area (Å²) >= 11 is 5.90. The molecule has 1 atom stereocenters. The van der Waals surface area contributed by atoms with Gasteiger partial charge in [-0.3, -0.25) is 9.59 Å². The molecule has 5 nitrogen and oxygen atoms in total. The monoisotopic (exact) mass is 390 g/mol. The molecule has 0 spiro atoms. The Bertz CT molecular complexity index is 816. The van der Waals surface area contributed by atoms with E-state index in [2.05, 4.69) is 5.32 Å². The molecule has 7 heteroatoms. The normalized spacial score (nSPS) is 16.7. The lowest BCUT2D eigenvalue weighted by molar-refractivity contribution is -0.136. The van der Waals surface area contributed by atoms with Gasteiger partial charge in [-0.1, -0.05) is 29.8 Å². The Morgan fingerprint density at radius 3 is 2.74 bits per heavy atom. The summed E-state index contributed by atoms with van der Waals surface area (Å²) in [4.78, 5) is 26.5. The van der Waals surface area contributed by atoms with Crippen LogP contribution < -0.4 is 10.1 Å². The van der Waals surface area contributed by atoms with Gasteiger partial charge in [-0.05, 0) is 43.2 Å². The Kier molecular flexibility index (Phi) is 6.29. The molecule has 1 fully saturated rings. The van der Waals surface area contributed by atoms with Crippen LogP contribution in [0.1, 0.15) is 12.8 Å². The molecule has 2 aromatic rings. The first-order valence-corrected chi connectivity index (χ1v) is 9.12. The lowest BCUT2D eigenvalue weighted by Crippen LogP contribution is -2.45. The molecular weight excluding hydrogens is 371 g/mol. The van der Waals surface area contributed by atoms with Crippen molar-refractivity contribution < 1.29 is 18.7 Å². The number of hydrogen-bond acceptors (Lipinski definition) is 3. The number of nitrogens with zero attached hydrogens (tertiary/aromatic N) is 1. The van der Waals surface area contributed by atoms with Crippen LogP contribution in [0.3, 0.4) is 0 Å². The van der Waals surface area contributed by atoms with Crippen molar-refractivity contribution in [1.29, 1.82) is 0 Å². The third kappa shape index (κ3) is 5.20. The van der Waals surface area contributed by atoms with Crippen molar-refractivity contribution in [1.82, 2.24) is 4.90 Å². The van der Waals surface area contributed by atoms with Gasteiger partial charge in [0, 0.05) is 18.8 Å². The molecule has 0 bridgehead atoms. The largest absolute Gasteiger partial charge is 0.482 e. The Hall–Kier alpha value is -2.60. The van der Waals surface area contributed by atoms with Gasteiger partial charge in [-0.2, -0.15) is 0 Å². The zero-order valence-electron chi connectivity index (χ0n) is 14.7. The van der Waals surface area contributed by atoms with Crippen molar-refractivity contribution in [2.75, 3.05) is 25.0 Å². The van der Waals surface area contributed by atoms with Gasteiger partial charge in [-0.15, -0.1) is 0 Å². The quantitative estimate of drug-likeness (QED) is 0.846. The first-order chi connectivity index (χ1) is 13.0. The number of ether oxygens (including phenoxy) is 1. The Morgan fingerprint density at radius 2 is 2.00 bits per heavy atom. The fourth-order valence-electron chi connectivity index (χ4n) is 3.01. The summed E-state index contributed by atoms with van der Waals surface area (Å²) in [5.74, 6) is -0.810. The Balaban J connectivity index is 1.53. The van der Waals surface area contributed by atoms with E-state index in [0.29, 0.717) is 13.1 Å². The van der Waals surface area contributed by atoms with Crippen LogP contribution in [0.4, 0.5) is 10.1 Å². The fourth-order valence-corrected chi connectivity index (χ4v) is 3.23. The van der Waals surface area contributed by atoms with Crippen molar-refractivity contribution in [3.63, 3.8) is 0 Å². The van der Waals surface area contributed by atoms with E-state index in [4.69, 9.17) is 16.3 Å². The molecule has 2 amide bonds. The third-order valence-corrected chi connectivity index (χ3v) is 4.73. The van der Waals surface area contributed by atoms with Gasteiger partial charge in [-0.25, -0.2) is 4.39 Å². The van der Waals surface area contributed by atoms with Crippen LogP contribution in [0.2, 0.25) is 5.02 Å². The van der Waals surface area contributed by atoms with E-state index >= 15 is 0 Å². The minimum atomic E-state index is -0.470. The molecule has 0 saturated carbocycles. The molecular formula is C20H20ClFN2O3. The van der Waals surface area contributed by atoms with Crippen LogP contribution in [0.15, 0.2) is 48.5 Å². The zero-order valence-corrected chi connectivity index (χ0v) is 15.4. The number of likely N-dealkylation sites (tertiary alicyclic amines) is 1. The highest BCUT2D eigenvalue weighted by Crippen LogP contribution is 2.25. The first-order valence-electron chi connectivity index (χ1n) is 8.74. The van der Waals surface area contributed by atoms with Crippen LogP contribution in [0, 0.1) is 11.7 Å². The van der Waals surface area contributed by atoms with E-state index in [1.54, 1.807) is 4.90 Å². The molecule has 1 saturated heterocycles. The summed E-state index contributed by atoms with van der Waals surface area (Å²) in [6, 6.07) is 13.0. The van der Waals surface area contributed by atoms with Crippen LogP contribution in [0.5, 0.6) is 5.75 Å². The topological polar surface area (TPSA) is 58.6 Å². The maximum Gasteiger partial charge on any atom is 0.260 e. The summed E-state index contributed by atoms with van der Waals surface area (Å²) in [5.41, 5.74) is 0.736. The molecule has 1 N–H and O–H groups in total. The maximum absolute atomic E-state index is 13.1. The molecule has 1 aliphatic rings. The van der Waals surface area contributed by atoms with E-state index in [1.807, 2.05) is 30.3 Å². The number of rotatable bonds is 5. The lowest BCUT2D eigenvalue weighted by Gasteiger charge is -2.32. The molecule has 0 aromatic heterocycles. The Morgan fingerprint density at radius 1 is 1.22 bits per heavy atom. The van der Waals surface area contributed by atoms with Gasteiger partial charge in [0.05, 0.1) is 10.9 Å². The second-order valence-corrected chi connectivity index (χ2v) is 6.80. The predicted octanol–water partition coefficient (Wildman–Crippen LogP) is 3.74. The average Bonchev–Trinajstić information content (AvgIpc) is 2.68. The molecule has 3 rings (SSSR count). The van der Waals surface area contributed by atoms with Gasteiger partial charge in [0.15, 0.2) is 6.61 Å². The highest BCUT2D eigenvalue weighted by Gasteiger charge is 2.28. The van der Waals surface area contributed by atoms with Crippen LogP contribution in [-0.2, 0) is 9.59 Å². The smallest absolute Gasteiger partial charge is 0.260 e. The number of hydrogen-bond donors (Lipinski definition) is 1. The number of para-hydroxylation sites is 1. The number of carbonyl (C=O) groups excluding carboxylic acids is 2. The highest BCUT2D eigenvalue weighted by molar-refractivity contribution is 6.32. The maximum atomic E-state index is 13.1. The predicted molar refractivity (Wildman–Crippen MR) is 101 cm³/mol. The number of carbonyl (C=O) groups is 2. The van der Waals surface area contributed by atoms with Crippen molar-refractivity contribution in [3.05, 3.63) is 59.4 Å². The number of nitrogens with one attached hydrogen (secondary N) is 1. The molecule has 1 aliphatic heterocycles. The van der Waals surface area contributed by atoms with Gasteiger partial charge in [0.25, 0.3) is 5.91 Å². The van der Waals surface area contributed by atoms with E-state index in [-0.39, 0.29) is 35.1 Å². The summed E-state index contributed by atoms with van der Waals surface area (Å²) in [6.07, 6.45) is 1.48. The molecule has 0 unspecified atom stereocenters. The van der Waals surface area contributed by atoms with E-state index in [0.717, 1.165) is 24.6 Å². The first kappa shape index (κ1) is 19.2. The number of anilines is 1. The molecule has 1 heterocycles. The molecule has 142 valence electrons. The van der Waals surface area contributed by atoms with Crippen LogP contribution in [0.25, 0.3) is 0 Å². The number of benzene rings is 2. The zero-order chi connectivity index (χ0) is 19.2. The van der Waals surface area contributed by atoms with Crippen LogP contribution in [-0.4, -0.2) is 36.4 Å². The summed E-state index contributed by atoms with van der Waals surface area (Å²) in [5, 5.41) is 2.99. The van der Waals surface area contributed by atoms with E-state index in [1.165, 1.54) is 12.1 Å². The molecule has 2 aromatic carbocycles. The fraction of sp³-hybridized carbons (Fsp3) is 0.300. The molecule has 0 aliphatic carbocycles. The van der Waals surface area contributed by atoms with Crippen molar-refractivity contribution in [2.45, 2.75) is 12.8 Å². The molecule has 27 heavy (non-hydrogen) atoms. The standard InChI is InChI=1S/C20H20ClFN2O3/c21-17-11-15(22)8-9-18(17)27-13-19(25)24-10-4-5-14(12-24)20(26)23-16-6-2-1-3-7-16/h1-3,6-9,11,14H,4-5,10,12-13H2,(H,23,26)/t14-/m1/s1. The minimum Gasteiger partial charge on any atom is -0.482 e. The SMILES string of the molecule is O=C(Nc1ccccc1)[C@@H]1CCCN(C(=O)COc2ccc(F)cc2Cl)C1. The second-order valence-electron chi connectivity index (χ2n) is 6.40. The summed E-state index contributed by atoms with van der Waals surface area (Å²) in [6.45, 7) is 0.713. The third-order valence-electron chi connectivity index (χ3n) is 4.43. The van der Waals surface area contributed by atoms with Crippen molar-refractivity contribution in [3.8, 4) is 5.75 Å². The average molecular weight is 391 g/mol. The van der Waals surface area contributed by atoms with Crippen molar-refractivity contribution in [2.24, 2.45) is 5.92 Å². The summed E-state index contributed by atoms with van der Waals surface area (Å²) < 4.78 is 18.5. The van der Waals surface area contributed by atoms with Gasteiger partial charge >= 0.3 is 0 Å². The minimum absolute atomic E-state index is 0.0961. The van der Waals surface area contributed by atoms with Gasteiger partial charge in [0.1, 0.15) is 11.6 Å². The number of halogens is 2. The van der Waals surface area contributed by atoms with E-state index in [9.17, 15) is 14.0 Å². The number of amides is 2. The van der Waals surface area contributed by atoms with E-state index < -0.39 is 5.82 Å². The van der Waals surface area contributed by atoms with Crippen LogP contribution >= 0.6 is 11.6 Å². The van der Waals surface area contributed by atoms with Gasteiger partial charge in [0.2, 0.25) is 5.91 Å². The highest BCUT2D eigenvalue weighted by atomic mass is 35.5.